The highest BCUT2D eigenvalue weighted by molar-refractivity contribution is 5.94. The van der Waals surface area contributed by atoms with Crippen molar-refractivity contribution in [3.8, 4) is 11.8 Å². The van der Waals surface area contributed by atoms with Gasteiger partial charge in [-0.2, -0.15) is 5.26 Å². The minimum absolute atomic E-state index is 0.0146. The van der Waals surface area contributed by atoms with Gasteiger partial charge in [0.2, 0.25) is 0 Å². The van der Waals surface area contributed by atoms with Crippen molar-refractivity contribution in [3.63, 3.8) is 0 Å². The molecule has 0 heterocycles. The van der Waals surface area contributed by atoms with Crippen LogP contribution in [0.25, 0.3) is 0 Å². The second kappa shape index (κ2) is 6.24. The van der Waals surface area contributed by atoms with Crippen LogP contribution in [0, 0.1) is 11.3 Å². The zero-order valence-corrected chi connectivity index (χ0v) is 11.1. The van der Waals surface area contributed by atoms with Crippen LogP contribution in [0.15, 0.2) is 24.3 Å². The molecule has 4 heteroatoms. The van der Waals surface area contributed by atoms with Gasteiger partial charge in [0.1, 0.15) is 5.75 Å². The first-order valence-corrected chi connectivity index (χ1v) is 6.67. The fourth-order valence-corrected chi connectivity index (χ4v) is 2.03. The summed E-state index contributed by atoms with van der Waals surface area (Å²) in [6.45, 7) is 3.06. The Kier molecular flexibility index (Phi) is 4.40. The van der Waals surface area contributed by atoms with Crippen LogP contribution >= 0.6 is 0 Å². The van der Waals surface area contributed by atoms with E-state index in [9.17, 15) is 4.79 Å². The maximum absolute atomic E-state index is 12.4. The predicted octanol–water partition coefficient (Wildman–Crippen LogP) is 2.60. The van der Waals surface area contributed by atoms with Gasteiger partial charge < -0.3 is 9.64 Å². The monoisotopic (exact) mass is 258 g/mol. The van der Waals surface area contributed by atoms with Gasteiger partial charge in [0.15, 0.2) is 0 Å². The lowest BCUT2D eigenvalue weighted by atomic mass is 10.2. The summed E-state index contributed by atoms with van der Waals surface area (Å²) in [4.78, 5) is 14.2. The van der Waals surface area contributed by atoms with Gasteiger partial charge in [0.05, 0.1) is 19.1 Å². The number of hydrogen-bond acceptors (Lipinski definition) is 3. The van der Waals surface area contributed by atoms with E-state index in [0.29, 0.717) is 31.2 Å². The molecule has 0 saturated heterocycles. The lowest BCUT2D eigenvalue weighted by Gasteiger charge is -2.21. The molecule has 1 amide bonds. The van der Waals surface area contributed by atoms with E-state index in [1.807, 2.05) is 24.0 Å². The topological polar surface area (TPSA) is 53.3 Å². The number of nitriles is 1. The maximum atomic E-state index is 12.4. The SMILES string of the molecule is CCOc1ccc(C(=O)N(CCC#N)C2CC2)cc1. The molecule has 19 heavy (non-hydrogen) atoms. The van der Waals surface area contributed by atoms with E-state index in [1.54, 1.807) is 12.1 Å². The number of nitrogens with zero attached hydrogens (tertiary/aromatic N) is 2. The van der Waals surface area contributed by atoms with Gasteiger partial charge in [-0.15, -0.1) is 0 Å². The van der Waals surface area contributed by atoms with Crippen molar-refractivity contribution in [2.45, 2.75) is 32.2 Å². The van der Waals surface area contributed by atoms with Gasteiger partial charge in [-0.05, 0) is 44.0 Å². The number of carbonyl (C=O) groups excluding carboxylic acids is 1. The predicted molar refractivity (Wildman–Crippen MR) is 71.9 cm³/mol. The molecule has 100 valence electrons. The van der Waals surface area contributed by atoms with Gasteiger partial charge in [-0.1, -0.05) is 0 Å². The van der Waals surface area contributed by atoms with E-state index in [1.165, 1.54) is 0 Å². The third kappa shape index (κ3) is 3.47. The minimum Gasteiger partial charge on any atom is -0.494 e. The Labute approximate surface area is 113 Å². The smallest absolute Gasteiger partial charge is 0.254 e. The van der Waals surface area contributed by atoms with E-state index < -0.39 is 0 Å². The standard InChI is InChI=1S/C15H18N2O2/c1-2-19-14-8-4-12(5-9-14)15(18)17(11-3-10-16)13-6-7-13/h4-5,8-9,13H,2-3,6-7,11H2,1H3. The largest absolute Gasteiger partial charge is 0.494 e. The van der Waals surface area contributed by atoms with Gasteiger partial charge in [0, 0.05) is 18.2 Å². The molecule has 1 aliphatic rings. The highest BCUT2D eigenvalue weighted by atomic mass is 16.5. The molecule has 0 spiro atoms. The first-order chi connectivity index (χ1) is 9.26. The van der Waals surface area contributed by atoms with Crippen LogP contribution in [0.1, 0.15) is 36.5 Å². The third-order valence-electron chi connectivity index (χ3n) is 3.13. The first-order valence-electron chi connectivity index (χ1n) is 6.67. The summed E-state index contributed by atoms with van der Waals surface area (Å²) in [6.07, 6.45) is 2.49. The Hall–Kier alpha value is -2.02. The molecule has 0 radical (unpaired) electrons. The molecule has 0 atom stereocenters. The average molecular weight is 258 g/mol. The molecule has 0 aromatic heterocycles. The second-order valence-corrected chi connectivity index (χ2v) is 4.60. The van der Waals surface area contributed by atoms with Gasteiger partial charge in [0.25, 0.3) is 5.91 Å². The minimum atomic E-state index is 0.0146. The zero-order valence-electron chi connectivity index (χ0n) is 11.1. The van der Waals surface area contributed by atoms with Crippen molar-refractivity contribution >= 4 is 5.91 Å². The van der Waals surface area contributed by atoms with Crippen molar-refractivity contribution in [2.75, 3.05) is 13.2 Å². The van der Waals surface area contributed by atoms with Gasteiger partial charge >= 0.3 is 0 Å². The Morgan fingerprint density at radius 1 is 1.42 bits per heavy atom. The Morgan fingerprint density at radius 2 is 2.11 bits per heavy atom. The number of rotatable bonds is 6. The summed E-state index contributed by atoms with van der Waals surface area (Å²) >= 11 is 0. The van der Waals surface area contributed by atoms with E-state index in [-0.39, 0.29) is 5.91 Å². The van der Waals surface area contributed by atoms with Crippen molar-refractivity contribution in [1.82, 2.24) is 4.90 Å². The highest BCUT2D eigenvalue weighted by Crippen LogP contribution is 2.28. The molecule has 0 N–H and O–H groups in total. The quantitative estimate of drug-likeness (QED) is 0.788. The number of ether oxygens (including phenoxy) is 1. The van der Waals surface area contributed by atoms with Crippen LogP contribution in [0.2, 0.25) is 0 Å². The van der Waals surface area contributed by atoms with Crippen molar-refractivity contribution in [1.29, 1.82) is 5.26 Å². The molecule has 0 bridgehead atoms. The molecule has 1 aliphatic carbocycles. The number of carbonyl (C=O) groups is 1. The third-order valence-corrected chi connectivity index (χ3v) is 3.13. The van der Waals surface area contributed by atoms with E-state index >= 15 is 0 Å². The summed E-state index contributed by atoms with van der Waals surface area (Å²) in [5.74, 6) is 0.787. The summed E-state index contributed by atoms with van der Waals surface area (Å²) < 4.78 is 5.36. The zero-order chi connectivity index (χ0) is 13.7. The summed E-state index contributed by atoms with van der Waals surface area (Å²) in [5.41, 5.74) is 0.660. The van der Waals surface area contributed by atoms with E-state index in [4.69, 9.17) is 10.00 Å². The van der Waals surface area contributed by atoms with Gasteiger partial charge in [-0.25, -0.2) is 0 Å². The molecule has 1 fully saturated rings. The molecule has 1 saturated carbocycles. The van der Waals surface area contributed by atoms with Crippen LogP contribution in [-0.2, 0) is 0 Å². The molecular formula is C15H18N2O2. The van der Waals surface area contributed by atoms with Crippen molar-refractivity contribution < 1.29 is 9.53 Å². The molecule has 2 rings (SSSR count). The average Bonchev–Trinajstić information content (AvgIpc) is 3.25. The van der Waals surface area contributed by atoms with Crippen LogP contribution < -0.4 is 4.74 Å². The molecule has 0 aliphatic heterocycles. The van der Waals surface area contributed by atoms with E-state index in [2.05, 4.69) is 6.07 Å². The molecule has 0 unspecified atom stereocenters. The summed E-state index contributed by atoms with van der Waals surface area (Å²) in [7, 11) is 0. The van der Waals surface area contributed by atoms with Crippen molar-refractivity contribution in [2.24, 2.45) is 0 Å². The lowest BCUT2D eigenvalue weighted by Crippen LogP contribution is -2.33. The number of amides is 1. The summed E-state index contributed by atoms with van der Waals surface area (Å²) in [5, 5.41) is 8.66. The molecular weight excluding hydrogens is 240 g/mol. The fraction of sp³-hybridized carbons (Fsp3) is 0.467. The number of benzene rings is 1. The first kappa shape index (κ1) is 13.4. The summed E-state index contributed by atoms with van der Waals surface area (Å²) in [6, 6.07) is 9.62. The molecule has 4 nitrogen and oxygen atoms in total. The van der Waals surface area contributed by atoms with E-state index in [0.717, 1.165) is 18.6 Å². The van der Waals surface area contributed by atoms with Crippen LogP contribution in [0.3, 0.4) is 0 Å². The van der Waals surface area contributed by atoms with Crippen LogP contribution in [-0.4, -0.2) is 30.0 Å². The molecule has 1 aromatic rings. The Balaban J connectivity index is 2.06. The lowest BCUT2D eigenvalue weighted by molar-refractivity contribution is 0.0747. The Morgan fingerprint density at radius 3 is 2.63 bits per heavy atom. The number of hydrogen-bond donors (Lipinski definition) is 0. The molecule has 1 aromatic carbocycles. The highest BCUT2D eigenvalue weighted by Gasteiger charge is 2.32. The maximum Gasteiger partial charge on any atom is 0.254 e. The van der Waals surface area contributed by atoms with Gasteiger partial charge in [-0.3, -0.25) is 4.79 Å². The van der Waals surface area contributed by atoms with Crippen molar-refractivity contribution in [3.05, 3.63) is 29.8 Å². The Bertz CT molecular complexity index is 472. The van der Waals surface area contributed by atoms with Crippen LogP contribution in [0.5, 0.6) is 5.75 Å². The normalized spacial score (nSPS) is 13.7. The fourth-order valence-electron chi connectivity index (χ4n) is 2.03. The second-order valence-electron chi connectivity index (χ2n) is 4.60. The van der Waals surface area contributed by atoms with Crippen LogP contribution in [0.4, 0.5) is 0 Å².